The molecule has 0 heterocycles. The van der Waals surface area contributed by atoms with E-state index in [4.69, 9.17) is 0 Å². The molecule has 0 atom stereocenters. The third kappa shape index (κ3) is 7.01. The summed E-state index contributed by atoms with van der Waals surface area (Å²) >= 11 is 3.59. The van der Waals surface area contributed by atoms with E-state index in [0.717, 1.165) is 0 Å². The van der Waals surface area contributed by atoms with E-state index in [1.807, 2.05) is 30.3 Å². The monoisotopic (exact) mass is 386 g/mol. The molecule has 2 heteroatoms. The minimum Gasteiger partial charge on any atom is -0.0901 e. The predicted octanol–water partition coefficient (Wildman–Crippen LogP) is 7.98. The number of rotatable bonds is 4. The van der Waals surface area contributed by atoms with E-state index in [9.17, 15) is 0 Å². The molecular formula is C25H22S2. The Kier molecular flexibility index (Phi) is 7.64. The average molecular weight is 387 g/mol. The van der Waals surface area contributed by atoms with Crippen molar-refractivity contribution >= 4 is 23.5 Å². The highest BCUT2D eigenvalue weighted by molar-refractivity contribution is 7.99. The quantitative estimate of drug-likeness (QED) is 0.348. The van der Waals surface area contributed by atoms with Crippen molar-refractivity contribution in [3.05, 3.63) is 121 Å². The van der Waals surface area contributed by atoms with Crippen LogP contribution in [-0.2, 0) is 0 Å². The molecule has 0 fully saturated rings. The first-order valence-electron chi connectivity index (χ1n) is 8.87. The summed E-state index contributed by atoms with van der Waals surface area (Å²) in [7, 11) is 0. The summed E-state index contributed by atoms with van der Waals surface area (Å²) in [6.07, 6.45) is 0. The summed E-state index contributed by atoms with van der Waals surface area (Å²) in [5.74, 6) is 0. The lowest BCUT2D eigenvalue weighted by molar-refractivity contribution is 1.33. The largest absolute Gasteiger partial charge is 0.0901 e. The summed E-state index contributed by atoms with van der Waals surface area (Å²) < 4.78 is 0. The maximum absolute atomic E-state index is 2.18. The molecule has 0 spiro atoms. The summed E-state index contributed by atoms with van der Waals surface area (Å²) in [6.45, 7) is 2.08. The van der Waals surface area contributed by atoms with Gasteiger partial charge in [0, 0.05) is 19.6 Å². The summed E-state index contributed by atoms with van der Waals surface area (Å²) in [5.41, 5.74) is 1.32. The Morgan fingerprint density at radius 2 is 0.667 bits per heavy atom. The average Bonchev–Trinajstić information content (AvgIpc) is 2.72. The minimum atomic E-state index is 1.27. The van der Waals surface area contributed by atoms with Gasteiger partial charge >= 0.3 is 0 Å². The molecule has 0 aliphatic heterocycles. The zero-order valence-corrected chi connectivity index (χ0v) is 16.9. The Balaban J connectivity index is 0.000000253. The Bertz CT molecular complexity index is 842. The van der Waals surface area contributed by atoms with Gasteiger partial charge in [-0.2, -0.15) is 0 Å². The molecule has 4 aromatic rings. The smallest absolute Gasteiger partial charge is 0.0123 e. The van der Waals surface area contributed by atoms with Gasteiger partial charge in [-0.05, 0) is 55.5 Å². The molecule has 0 saturated heterocycles. The van der Waals surface area contributed by atoms with Gasteiger partial charge in [-0.15, -0.1) is 0 Å². The first kappa shape index (κ1) is 19.3. The van der Waals surface area contributed by atoms with Gasteiger partial charge in [0.1, 0.15) is 0 Å². The predicted molar refractivity (Wildman–Crippen MR) is 119 cm³/mol. The zero-order chi connectivity index (χ0) is 18.7. The van der Waals surface area contributed by atoms with Gasteiger partial charge in [0.15, 0.2) is 0 Å². The molecule has 0 saturated carbocycles. The number of benzene rings is 4. The SMILES string of the molecule is Cc1ccccc1.c1ccc(Sc2ccc(Sc3ccccc3)cc2)cc1. The third-order valence-corrected chi connectivity index (χ3v) is 5.75. The number of hydrogen-bond donors (Lipinski definition) is 0. The molecule has 0 unspecified atom stereocenters. The van der Waals surface area contributed by atoms with Gasteiger partial charge in [-0.1, -0.05) is 95.8 Å². The Morgan fingerprint density at radius 3 is 0.963 bits per heavy atom. The first-order chi connectivity index (χ1) is 13.3. The van der Waals surface area contributed by atoms with Gasteiger partial charge in [0.25, 0.3) is 0 Å². The fraction of sp³-hybridized carbons (Fsp3) is 0.0400. The van der Waals surface area contributed by atoms with Gasteiger partial charge in [-0.25, -0.2) is 0 Å². The van der Waals surface area contributed by atoms with Crippen LogP contribution >= 0.6 is 23.5 Å². The third-order valence-electron chi connectivity index (χ3n) is 3.72. The van der Waals surface area contributed by atoms with Crippen molar-refractivity contribution in [2.24, 2.45) is 0 Å². The maximum Gasteiger partial charge on any atom is 0.0123 e. The van der Waals surface area contributed by atoms with Crippen LogP contribution in [0.4, 0.5) is 0 Å². The van der Waals surface area contributed by atoms with Crippen LogP contribution in [0.1, 0.15) is 5.56 Å². The molecule has 4 aromatic carbocycles. The second-order valence-corrected chi connectivity index (χ2v) is 8.25. The molecule has 27 heavy (non-hydrogen) atoms. The highest BCUT2D eigenvalue weighted by atomic mass is 32.2. The van der Waals surface area contributed by atoms with Crippen LogP contribution in [0, 0.1) is 6.92 Å². The zero-order valence-electron chi connectivity index (χ0n) is 15.3. The lowest BCUT2D eigenvalue weighted by Crippen LogP contribution is -1.75. The molecule has 0 aromatic heterocycles. The second-order valence-electron chi connectivity index (χ2n) is 5.96. The van der Waals surface area contributed by atoms with Crippen LogP contribution in [0.25, 0.3) is 0 Å². The van der Waals surface area contributed by atoms with Crippen molar-refractivity contribution in [2.45, 2.75) is 26.5 Å². The van der Waals surface area contributed by atoms with Crippen LogP contribution < -0.4 is 0 Å². The van der Waals surface area contributed by atoms with Gasteiger partial charge < -0.3 is 0 Å². The Hall–Kier alpha value is -2.42. The van der Waals surface area contributed by atoms with E-state index in [1.165, 1.54) is 25.1 Å². The molecule has 0 nitrogen and oxygen atoms in total. The van der Waals surface area contributed by atoms with Gasteiger partial charge in [0.2, 0.25) is 0 Å². The van der Waals surface area contributed by atoms with Crippen molar-refractivity contribution in [3.63, 3.8) is 0 Å². The van der Waals surface area contributed by atoms with E-state index >= 15 is 0 Å². The number of hydrogen-bond acceptors (Lipinski definition) is 2. The molecule has 4 rings (SSSR count). The van der Waals surface area contributed by atoms with Crippen LogP contribution in [-0.4, -0.2) is 0 Å². The topological polar surface area (TPSA) is 0 Å². The van der Waals surface area contributed by atoms with Crippen molar-refractivity contribution in [3.8, 4) is 0 Å². The molecule has 0 N–H and O–H groups in total. The van der Waals surface area contributed by atoms with Crippen LogP contribution in [0.5, 0.6) is 0 Å². The highest BCUT2D eigenvalue weighted by Crippen LogP contribution is 2.31. The van der Waals surface area contributed by atoms with Crippen molar-refractivity contribution in [1.29, 1.82) is 0 Å². The normalized spacial score (nSPS) is 9.96. The molecular weight excluding hydrogens is 364 g/mol. The molecule has 0 radical (unpaired) electrons. The van der Waals surface area contributed by atoms with Crippen molar-refractivity contribution in [2.75, 3.05) is 0 Å². The first-order valence-corrected chi connectivity index (χ1v) is 10.5. The standard InChI is InChI=1S/C18H14S2.C7H8/c1-3-7-15(8-4-1)19-17-11-13-18(14-12-17)20-16-9-5-2-6-10-16;1-7-5-3-2-4-6-7/h1-14H;2-6H,1H3. The Labute approximate surface area is 170 Å². The molecule has 0 aliphatic rings. The lowest BCUT2D eigenvalue weighted by atomic mass is 10.2. The summed E-state index contributed by atoms with van der Waals surface area (Å²) in [4.78, 5) is 5.09. The molecule has 0 bridgehead atoms. The van der Waals surface area contributed by atoms with E-state index in [2.05, 4.69) is 91.9 Å². The van der Waals surface area contributed by atoms with Crippen molar-refractivity contribution in [1.82, 2.24) is 0 Å². The second kappa shape index (κ2) is 10.7. The lowest BCUT2D eigenvalue weighted by Gasteiger charge is -2.04. The van der Waals surface area contributed by atoms with Gasteiger partial charge in [-0.3, -0.25) is 0 Å². The van der Waals surface area contributed by atoms with Crippen molar-refractivity contribution < 1.29 is 0 Å². The van der Waals surface area contributed by atoms with E-state index in [0.29, 0.717) is 0 Å². The van der Waals surface area contributed by atoms with Crippen LogP contribution in [0.2, 0.25) is 0 Å². The fourth-order valence-corrected chi connectivity index (χ4v) is 4.03. The Morgan fingerprint density at radius 1 is 0.370 bits per heavy atom. The summed E-state index contributed by atoms with van der Waals surface area (Å²) in [5, 5.41) is 0. The van der Waals surface area contributed by atoms with Crippen LogP contribution in [0.3, 0.4) is 0 Å². The van der Waals surface area contributed by atoms with E-state index in [1.54, 1.807) is 23.5 Å². The molecule has 134 valence electrons. The highest BCUT2D eigenvalue weighted by Gasteiger charge is 1.99. The van der Waals surface area contributed by atoms with E-state index in [-0.39, 0.29) is 0 Å². The maximum atomic E-state index is 2.18. The minimum absolute atomic E-state index is 1.27. The fourth-order valence-electron chi connectivity index (χ4n) is 2.36. The molecule has 0 amide bonds. The van der Waals surface area contributed by atoms with Gasteiger partial charge in [0.05, 0.1) is 0 Å². The number of aryl methyl sites for hydroxylation is 1. The summed E-state index contributed by atoms with van der Waals surface area (Å²) in [6, 6.07) is 39.9. The molecule has 0 aliphatic carbocycles. The van der Waals surface area contributed by atoms with E-state index < -0.39 is 0 Å². The van der Waals surface area contributed by atoms with Crippen LogP contribution in [0.15, 0.2) is 135 Å².